The molecule has 1 N–H and O–H groups in total. The third kappa shape index (κ3) is 5.02. The molecule has 0 aromatic heterocycles. The summed E-state index contributed by atoms with van der Waals surface area (Å²) in [6.45, 7) is 0. The van der Waals surface area contributed by atoms with Crippen LogP contribution in [0.15, 0.2) is 18.2 Å². The zero-order valence-electron chi connectivity index (χ0n) is 9.70. The van der Waals surface area contributed by atoms with E-state index in [4.69, 9.17) is 11.6 Å². The van der Waals surface area contributed by atoms with E-state index in [1.54, 1.807) is 7.05 Å². The SMILES string of the molecule is CNC(Cc1cc(Cl)ccc1F)CS(C)(=O)=O. The van der Waals surface area contributed by atoms with Crippen LogP contribution in [-0.4, -0.2) is 33.5 Å². The average Bonchev–Trinajstić information content (AvgIpc) is 2.20. The van der Waals surface area contributed by atoms with E-state index in [1.165, 1.54) is 18.2 Å². The van der Waals surface area contributed by atoms with Gasteiger partial charge in [-0.3, -0.25) is 0 Å². The van der Waals surface area contributed by atoms with Crippen LogP contribution in [0.4, 0.5) is 4.39 Å². The van der Waals surface area contributed by atoms with Crippen LogP contribution in [0.25, 0.3) is 0 Å². The molecule has 0 heterocycles. The van der Waals surface area contributed by atoms with Crippen molar-refractivity contribution in [2.75, 3.05) is 19.1 Å². The molecule has 1 unspecified atom stereocenters. The van der Waals surface area contributed by atoms with Crippen LogP contribution in [0.3, 0.4) is 0 Å². The summed E-state index contributed by atoms with van der Waals surface area (Å²) >= 11 is 5.77. The van der Waals surface area contributed by atoms with Gasteiger partial charge in [-0.25, -0.2) is 12.8 Å². The Labute approximate surface area is 106 Å². The van der Waals surface area contributed by atoms with Gasteiger partial charge in [0.1, 0.15) is 15.7 Å². The second-order valence-corrected chi connectivity index (χ2v) is 6.64. The van der Waals surface area contributed by atoms with Crippen molar-refractivity contribution in [3.05, 3.63) is 34.6 Å². The third-order valence-corrected chi connectivity index (χ3v) is 3.63. The Morgan fingerprint density at radius 2 is 2.12 bits per heavy atom. The Kier molecular flexibility index (Phi) is 4.91. The maximum absolute atomic E-state index is 13.5. The van der Waals surface area contributed by atoms with Gasteiger partial charge in [0.05, 0.1) is 5.75 Å². The number of benzene rings is 1. The molecule has 0 spiro atoms. The van der Waals surface area contributed by atoms with Gasteiger partial charge in [0.15, 0.2) is 0 Å². The number of sulfone groups is 1. The van der Waals surface area contributed by atoms with Crippen molar-refractivity contribution in [3.8, 4) is 0 Å². The van der Waals surface area contributed by atoms with Gasteiger partial charge in [-0.15, -0.1) is 0 Å². The number of hydrogen-bond donors (Lipinski definition) is 1. The molecule has 0 saturated carbocycles. The quantitative estimate of drug-likeness (QED) is 0.892. The van der Waals surface area contributed by atoms with E-state index in [0.717, 1.165) is 6.26 Å². The van der Waals surface area contributed by atoms with Gasteiger partial charge in [-0.2, -0.15) is 0 Å². The normalized spacial score (nSPS) is 13.6. The monoisotopic (exact) mass is 279 g/mol. The van der Waals surface area contributed by atoms with Crippen LogP contribution in [0.1, 0.15) is 5.56 Å². The topological polar surface area (TPSA) is 46.2 Å². The number of rotatable bonds is 5. The molecule has 1 rings (SSSR count). The molecule has 0 fully saturated rings. The number of halogens is 2. The molecule has 0 saturated heterocycles. The standard InChI is InChI=1S/C11H15ClFNO2S/c1-14-10(7-17(2,15)16)6-8-5-9(12)3-4-11(8)13/h3-5,10,14H,6-7H2,1-2H3. The van der Waals surface area contributed by atoms with E-state index in [1.807, 2.05) is 0 Å². The Hall–Kier alpha value is -0.650. The van der Waals surface area contributed by atoms with Gasteiger partial charge >= 0.3 is 0 Å². The highest BCUT2D eigenvalue weighted by atomic mass is 35.5. The summed E-state index contributed by atoms with van der Waals surface area (Å²) < 4.78 is 35.8. The number of likely N-dealkylation sites (N-methyl/N-ethyl adjacent to an activating group) is 1. The van der Waals surface area contributed by atoms with Crippen molar-refractivity contribution in [1.29, 1.82) is 0 Å². The lowest BCUT2D eigenvalue weighted by Gasteiger charge is -2.15. The Morgan fingerprint density at radius 3 is 2.65 bits per heavy atom. The molecule has 1 aromatic carbocycles. The molecule has 0 aliphatic heterocycles. The first-order chi connectivity index (χ1) is 7.81. The first kappa shape index (κ1) is 14.4. The maximum Gasteiger partial charge on any atom is 0.148 e. The third-order valence-electron chi connectivity index (χ3n) is 2.39. The molecule has 1 aromatic rings. The Bertz CT molecular complexity index is 490. The summed E-state index contributed by atoms with van der Waals surface area (Å²) in [4.78, 5) is 0. The van der Waals surface area contributed by atoms with Gasteiger partial charge in [-0.1, -0.05) is 11.6 Å². The second-order valence-electron chi connectivity index (χ2n) is 4.02. The predicted octanol–water partition coefficient (Wildman–Crippen LogP) is 1.65. The Morgan fingerprint density at radius 1 is 1.47 bits per heavy atom. The molecular weight excluding hydrogens is 265 g/mol. The van der Waals surface area contributed by atoms with E-state index < -0.39 is 9.84 Å². The fourth-order valence-corrected chi connectivity index (χ4v) is 2.79. The summed E-state index contributed by atoms with van der Waals surface area (Å²) in [6, 6.07) is 3.94. The molecule has 0 amide bonds. The van der Waals surface area contributed by atoms with E-state index in [-0.39, 0.29) is 24.0 Å². The first-order valence-corrected chi connectivity index (χ1v) is 7.54. The highest BCUT2D eigenvalue weighted by Gasteiger charge is 2.16. The van der Waals surface area contributed by atoms with Crippen molar-refractivity contribution in [3.63, 3.8) is 0 Å². The zero-order valence-corrected chi connectivity index (χ0v) is 11.3. The molecule has 96 valence electrons. The molecule has 0 bridgehead atoms. The van der Waals surface area contributed by atoms with E-state index in [2.05, 4.69) is 5.32 Å². The molecule has 1 atom stereocenters. The second kappa shape index (κ2) is 5.80. The van der Waals surface area contributed by atoms with Gasteiger partial charge in [0.25, 0.3) is 0 Å². The van der Waals surface area contributed by atoms with Gasteiger partial charge in [0.2, 0.25) is 0 Å². The van der Waals surface area contributed by atoms with Crippen LogP contribution in [0, 0.1) is 5.82 Å². The first-order valence-electron chi connectivity index (χ1n) is 5.10. The van der Waals surface area contributed by atoms with Crippen LogP contribution < -0.4 is 5.32 Å². The molecule has 0 aliphatic rings. The molecule has 0 radical (unpaired) electrons. The van der Waals surface area contributed by atoms with E-state index in [0.29, 0.717) is 10.6 Å². The predicted molar refractivity (Wildman–Crippen MR) is 67.7 cm³/mol. The zero-order chi connectivity index (χ0) is 13.1. The highest BCUT2D eigenvalue weighted by molar-refractivity contribution is 7.90. The largest absolute Gasteiger partial charge is 0.316 e. The fourth-order valence-electron chi connectivity index (χ4n) is 1.57. The van der Waals surface area contributed by atoms with Crippen LogP contribution >= 0.6 is 11.6 Å². The minimum atomic E-state index is -3.10. The number of hydrogen-bond acceptors (Lipinski definition) is 3. The highest BCUT2D eigenvalue weighted by Crippen LogP contribution is 2.16. The Balaban J connectivity index is 2.84. The smallest absolute Gasteiger partial charge is 0.148 e. The maximum atomic E-state index is 13.5. The van der Waals surface area contributed by atoms with Crippen molar-refractivity contribution in [1.82, 2.24) is 5.32 Å². The molecule has 17 heavy (non-hydrogen) atoms. The lowest BCUT2D eigenvalue weighted by molar-refractivity contribution is 0.549. The minimum Gasteiger partial charge on any atom is -0.316 e. The lowest BCUT2D eigenvalue weighted by atomic mass is 10.1. The van der Waals surface area contributed by atoms with Crippen molar-refractivity contribution in [2.45, 2.75) is 12.5 Å². The van der Waals surface area contributed by atoms with Crippen molar-refractivity contribution >= 4 is 21.4 Å². The molecule has 6 heteroatoms. The van der Waals surface area contributed by atoms with Crippen LogP contribution in [0.2, 0.25) is 5.02 Å². The lowest BCUT2D eigenvalue weighted by Crippen LogP contribution is -2.34. The summed E-state index contributed by atoms with van der Waals surface area (Å²) in [5.74, 6) is -0.404. The summed E-state index contributed by atoms with van der Waals surface area (Å²) in [5, 5.41) is 3.31. The van der Waals surface area contributed by atoms with Gasteiger partial charge in [-0.05, 0) is 37.2 Å². The summed E-state index contributed by atoms with van der Waals surface area (Å²) in [6.07, 6.45) is 1.45. The van der Waals surface area contributed by atoms with Crippen molar-refractivity contribution < 1.29 is 12.8 Å². The van der Waals surface area contributed by atoms with Crippen LogP contribution in [-0.2, 0) is 16.3 Å². The molecule has 3 nitrogen and oxygen atoms in total. The van der Waals surface area contributed by atoms with Crippen LogP contribution in [0.5, 0.6) is 0 Å². The average molecular weight is 280 g/mol. The van der Waals surface area contributed by atoms with Gasteiger partial charge < -0.3 is 5.32 Å². The summed E-state index contributed by atoms with van der Waals surface area (Å²) in [7, 11) is -1.45. The van der Waals surface area contributed by atoms with E-state index >= 15 is 0 Å². The molecule has 0 aliphatic carbocycles. The molecular formula is C11H15ClFNO2S. The van der Waals surface area contributed by atoms with Crippen molar-refractivity contribution in [2.24, 2.45) is 0 Å². The van der Waals surface area contributed by atoms with E-state index in [9.17, 15) is 12.8 Å². The minimum absolute atomic E-state index is 0.0323. The number of nitrogens with one attached hydrogen (secondary N) is 1. The summed E-state index contributed by atoms with van der Waals surface area (Å²) in [5.41, 5.74) is 0.417. The fraction of sp³-hybridized carbons (Fsp3) is 0.455. The van der Waals surface area contributed by atoms with Gasteiger partial charge in [0, 0.05) is 17.3 Å².